The van der Waals surface area contributed by atoms with Crippen LogP contribution in [0.15, 0.2) is 24.7 Å². The Kier molecular flexibility index (Phi) is 6.10. The minimum atomic E-state index is 0. The average Bonchev–Trinajstić information content (AvgIpc) is 3.14. The largest absolute Gasteiger partial charge is 0.353 e. The number of anilines is 3. The third kappa shape index (κ3) is 4.01. The minimum Gasteiger partial charge on any atom is -0.353 e. The van der Waals surface area contributed by atoms with Crippen molar-refractivity contribution in [2.75, 3.05) is 23.3 Å². The second-order valence-electron chi connectivity index (χ2n) is 5.81. The van der Waals surface area contributed by atoms with Crippen molar-refractivity contribution in [2.24, 2.45) is 7.05 Å². The zero-order chi connectivity index (χ0) is 16.2. The molecule has 2 saturated heterocycles. The van der Waals surface area contributed by atoms with Crippen molar-refractivity contribution in [2.45, 2.75) is 24.9 Å². The Labute approximate surface area is 147 Å². The molecule has 2 atom stereocenters. The van der Waals surface area contributed by atoms with Crippen LogP contribution in [0.5, 0.6) is 0 Å². The van der Waals surface area contributed by atoms with Crippen molar-refractivity contribution < 1.29 is 4.79 Å². The number of carbonyl (C=O) groups is 1. The molecule has 2 aliphatic heterocycles. The van der Waals surface area contributed by atoms with Crippen molar-refractivity contribution in [1.82, 2.24) is 25.1 Å². The van der Waals surface area contributed by atoms with E-state index in [-0.39, 0.29) is 12.4 Å². The first-order chi connectivity index (χ1) is 11.3. The molecule has 2 bridgehead atoms. The molecule has 9 heteroatoms. The van der Waals surface area contributed by atoms with Gasteiger partial charge in [0, 0.05) is 44.6 Å². The Balaban J connectivity index is 0.000000670. The van der Waals surface area contributed by atoms with E-state index in [4.69, 9.17) is 4.79 Å². The van der Waals surface area contributed by atoms with Gasteiger partial charge in [0.25, 0.3) is 0 Å². The molecule has 4 rings (SSSR count). The summed E-state index contributed by atoms with van der Waals surface area (Å²) in [4.78, 5) is 19.3. The summed E-state index contributed by atoms with van der Waals surface area (Å²) in [5, 5.41) is 11.0. The van der Waals surface area contributed by atoms with E-state index >= 15 is 0 Å². The van der Waals surface area contributed by atoms with Crippen LogP contribution in [0, 0.1) is 0 Å². The smallest absolute Gasteiger partial charge is 0.229 e. The number of halogens is 1. The molecular formula is C15H22ClN7O. The predicted molar refractivity (Wildman–Crippen MR) is 95.1 cm³/mol. The third-order valence-electron chi connectivity index (χ3n) is 4.14. The summed E-state index contributed by atoms with van der Waals surface area (Å²) in [5.41, 5.74) is 0.898. The first kappa shape index (κ1) is 18.2. The fourth-order valence-electron chi connectivity index (χ4n) is 3.18. The molecule has 2 aromatic heterocycles. The second kappa shape index (κ2) is 8.07. The highest BCUT2D eigenvalue weighted by Crippen LogP contribution is 2.24. The van der Waals surface area contributed by atoms with E-state index < -0.39 is 0 Å². The van der Waals surface area contributed by atoms with Gasteiger partial charge in [0.15, 0.2) is 0 Å². The van der Waals surface area contributed by atoms with Crippen molar-refractivity contribution in [3.05, 3.63) is 24.7 Å². The number of hydrogen-bond acceptors (Lipinski definition) is 7. The monoisotopic (exact) mass is 351 g/mol. The van der Waals surface area contributed by atoms with Gasteiger partial charge in [0.2, 0.25) is 5.95 Å². The maximum Gasteiger partial charge on any atom is 0.229 e. The van der Waals surface area contributed by atoms with Crippen molar-refractivity contribution in [3.63, 3.8) is 0 Å². The van der Waals surface area contributed by atoms with Crippen molar-refractivity contribution in [3.8, 4) is 0 Å². The highest BCUT2D eigenvalue weighted by molar-refractivity contribution is 5.85. The van der Waals surface area contributed by atoms with Crippen LogP contribution in [0.4, 0.5) is 17.5 Å². The molecule has 0 aromatic carbocycles. The van der Waals surface area contributed by atoms with Crippen LogP contribution in [-0.4, -0.2) is 51.7 Å². The number of fused-ring (bicyclic) bond motifs is 2. The molecule has 2 N–H and O–H groups in total. The number of hydrogen-bond donors (Lipinski definition) is 2. The number of piperazine rings is 1. The lowest BCUT2D eigenvalue weighted by molar-refractivity contribution is -0.0979. The van der Waals surface area contributed by atoms with Crippen molar-refractivity contribution >= 4 is 36.6 Å². The Morgan fingerprint density at radius 1 is 1.29 bits per heavy atom. The van der Waals surface area contributed by atoms with Gasteiger partial charge in [-0.25, -0.2) is 4.98 Å². The topological polar surface area (TPSA) is 88.0 Å². The van der Waals surface area contributed by atoms with E-state index in [0.717, 1.165) is 24.6 Å². The van der Waals surface area contributed by atoms with E-state index in [0.29, 0.717) is 18.0 Å². The molecule has 0 unspecified atom stereocenters. The van der Waals surface area contributed by atoms with Gasteiger partial charge in [-0.1, -0.05) is 0 Å². The normalized spacial score (nSPS) is 21.5. The summed E-state index contributed by atoms with van der Waals surface area (Å²) in [6.07, 6.45) is 8.02. The van der Waals surface area contributed by atoms with Crippen LogP contribution in [-0.2, 0) is 11.8 Å². The second-order valence-corrected chi connectivity index (χ2v) is 5.81. The molecule has 2 fully saturated rings. The molecule has 0 aliphatic carbocycles. The maximum absolute atomic E-state index is 8.00. The molecule has 0 spiro atoms. The summed E-state index contributed by atoms with van der Waals surface area (Å²) in [6, 6.07) is 3.20. The first-order valence-corrected chi connectivity index (χ1v) is 7.65. The summed E-state index contributed by atoms with van der Waals surface area (Å²) in [5.74, 6) is 1.61. The molecule has 8 nitrogen and oxygen atoms in total. The van der Waals surface area contributed by atoms with E-state index in [1.54, 1.807) is 10.9 Å². The quantitative estimate of drug-likeness (QED) is 0.857. The van der Waals surface area contributed by atoms with Gasteiger partial charge < -0.3 is 20.3 Å². The summed E-state index contributed by atoms with van der Waals surface area (Å²) in [6.45, 7) is 4.06. The highest BCUT2D eigenvalue weighted by Gasteiger charge is 2.32. The lowest BCUT2D eigenvalue weighted by Crippen LogP contribution is -2.51. The van der Waals surface area contributed by atoms with Gasteiger partial charge >= 0.3 is 0 Å². The zero-order valence-corrected chi connectivity index (χ0v) is 14.4. The van der Waals surface area contributed by atoms with Gasteiger partial charge in [-0.3, -0.25) is 4.68 Å². The zero-order valence-electron chi connectivity index (χ0n) is 13.6. The summed E-state index contributed by atoms with van der Waals surface area (Å²) >= 11 is 0. The SMILES string of the molecule is C=O.Cl.Cn1cc(Nc2nccc(N3C[C@H]4CC[C@@H](C3)N4)n2)cn1. The minimum absolute atomic E-state index is 0. The molecule has 0 radical (unpaired) electrons. The van der Waals surface area contributed by atoms with E-state index in [1.165, 1.54) is 12.8 Å². The van der Waals surface area contributed by atoms with Crippen LogP contribution < -0.4 is 15.5 Å². The standard InChI is InChI=1S/C14H19N7.CH2O.ClH/c1-20-7-12(6-16-20)18-14-15-5-4-13(19-14)21-8-10-2-3-11(9-21)17-10;1-2;/h4-7,10-11,17H,2-3,8-9H2,1H3,(H,15,18,19);1H2;1H/t10-,11+;;. The van der Waals surface area contributed by atoms with Crippen LogP contribution in [0.1, 0.15) is 12.8 Å². The molecule has 0 amide bonds. The molecule has 130 valence electrons. The molecule has 0 saturated carbocycles. The molecule has 4 heterocycles. The highest BCUT2D eigenvalue weighted by atomic mass is 35.5. The summed E-state index contributed by atoms with van der Waals surface area (Å²) in [7, 11) is 1.89. The molecule has 24 heavy (non-hydrogen) atoms. The lowest BCUT2D eigenvalue weighted by Gasteiger charge is -2.33. The predicted octanol–water partition coefficient (Wildman–Crippen LogP) is 1.13. The molecule has 2 aromatic rings. The third-order valence-corrected chi connectivity index (χ3v) is 4.14. The number of aromatic nitrogens is 4. The number of rotatable bonds is 3. The fourth-order valence-corrected chi connectivity index (χ4v) is 3.18. The molecular weight excluding hydrogens is 330 g/mol. The van der Waals surface area contributed by atoms with Gasteiger partial charge in [0.1, 0.15) is 12.6 Å². The Morgan fingerprint density at radius 2 is 2.00 bits per heavy atom. The number of nitrogens with zero attached hydrogens (tertiary/aromatic N) is 5. The van der Waals surface area contributed by atoms with E-state index in [2.05, 4.69) is 30.6 Å². The Bertz CT molecular complexity index is 653. The van der Waals surface area contributed by atoms with Crippen LogP contribution in [0.25, 0.3) is 0 Å². The van der Waals surface area contributed by atoms with E-state index in [1.807, 2.05) is 32.3 Å². The van der Waals surface area contributed by atoms with Gasteiger partial charge in [-0.15, -0.1) is 12.4 Å². The first-order valence-electron chi connectivity index (χ1n) is 7.65. The van der Waals surface area contributed by atoms with Crippen LogP contribution in [0.2, 0.25) is 0 Å². The van der Waals surface area contributed by atoms with E-state index in [9.17, 15) is 0 Å². The van der Waals surface area contributed by atoms with Crippen molar-refractivity contribution in [1.29, 1.82) is 0 Å². The van der Waals surface area contributed by atoms with Crippen LogP contribution in [0.3, 0.4) is 0 Å². The Morgan fingerprint density at radius 3 is 2.62 bits per heavy atom. The maximum atomic E-state index is 8.00. The number of carbonyl (C=O) groups excluding carboxylic acids is 1. The van der Waals surface area contributed by atoms with Gasteiger partial charge in [-0.2, -0.15) is 10.1 Å². The average molecular weight is 352 g/mol. The van der Waals surface area contributed by atoms with Gasteiger partial charge in [0.05, 0.1) is 11.9 Å². The van der Waals surface area contributed by atoms with Crippen LogP contribution >= 0.6 is 12.4 Å². The number of nitrogens with one attached hydrogen (secondary N) is 2. The number of aryl methyl sites for hydroxylation is 1. The molecule has 2 aliphatic rings. The Hall–Kier alpha value is -2.19. The lowest BCUT2D eigenvalue weighted by atomic mass is 10.2. The fraction of sp³-hybridized carbons (Fsp3) is 0.467. The van der Waals surface area contributed by atoms with Gasteiger partial charge in [-0.05, 0) is 18.9 Å². The summed E-state index contributed by atoms with van der Waals surface area (Å²) < 4.78 is 1.75.